The van der Waals surface area contributed by atoms with Crippen molar-refractivity contribution in [2.75, 3.05) is 0 Å². The molecule has 0 spiro atoms. The summed E-state index contributed by atoms with van der Waals surface area (Å²) in [7, 11) is 0. The van der Waals surface area contributed by atoms with E-state index in [1.54, 1.807) is 0 Å². The highest BCUT2D eigenvalue weighted by atomic mass is 32.1. The molecule has 1 atom stereocenters. The van der Waals surface area contributed by atoms with Crippen LogP contribution in [0.5, 0.6) is 0 Å². The quantitative estimate of drug-likeness (QED) is 0.637. The molecule has 0 aromatic carbocycles. The van der Waals surface area contributed by atoms with Gasteiger partial charge in [0, 0.05) is 10.6 Å². The van der Waals surface area contributed by atoms with Crippen molar-refractivity contribution in [3.05, 3.63) is 14.5 Å². The number of nitrogens with one attached hydrogen (secondary N) is 2. The van der Waals surface area contributed by atoms with Crippen LogP contribution in [0, 0.1) is 23.2 Å². The van der Waals surface area contributed by atoms with Crippen LogP contribution in [0.2, 0.25) is 0 Å². The Morgan fingerprint density at radius 3 is 2.88 bits per heavy atom. The van der Waals surface area contributed by atoms with Gasteiger partial charge in [0.2, 0.25) is 5.91 Å². The largest absolute Gasteiger partial charge is 0.342 e. The molecule has 1 aromatic heterocycles. The molecule has 1 heterocycles. The molecule has 0 radical (unpaired) electrons. The maximum atomic E-state index is 11.8. The number of carbonyl (C=O) groups is 1. The number of carbonyl (C=O) groups excluding carboxylic acids is 1. The lowest BCUT2D eigenvalue weighted by Crippen LogP contribution is -2.34. The smallest absolute Gasteiger partial charge is 0.226 e. The monoisotopic (exact) mass is 268 g/mol. The number of hydrogen-bond acceptors (Lipinski definition) is 3. The third kappa shape index (κ3) is 4.33. The molecule has 92 valence electrons. The molecular weight excluding hydrogens is 252 g/mol. The van der Waals surface area contributed by atoms with Crippen molar-refractivity contribution >= 4 is 29.5 Å². The van der Waals surface area contributed by atoms with Gasteiger partial charge in [-0.25, -0.2) is 0 Å². The minimum Gasteiger partial charge on any atom is -0.342 e. The second-order valence-corrected chi connectivity index (χ2v) is 5.59. The molecule has 3 nitrogen and oxygen atoms in total. The molecule has 17 heavy (non-hydrogen) atoms. The summed E-state index contributed by atoms with van der Waals surface area (Å²) in [6, 6.07) is -0.167. The summed E-state index contributed by atoms with van der Waals surface area (Å²) in [6.45, 7) is 3.96. The molecule has 1 aromatic rings. The van der Waals surface area contributed by atoms with E-state index in [9.17, 15) is 4.79 Å². The van der Waals surface area contributed by atoms with E-state index < -0.39 is 0 Å². The van der Waals surface area contributed by atoms with Gasteiger partial charge in [0.05, 0.1) is 12.5 Å². The fourth-order valence-corrected chi connectivity index (χ4v) is 2.77. The maximum absolute atomic E-state index is 11.8. The Bertz CT molecular complexity index is 481. The molecule has 0 bridgehead atoms. The van der Waals surface area contributed by atoms with Gasteiger partial charge in [-0.05, 0) is 25.6 Å². The molecule has 1 unspecified atom stereocenters. The molecular formula is C12H16N2OS2. The number of H-pyrrole nitrogens is 1. The summed E-state index contributed by atoms with van der Waals surface area (Å²) in [4.78, 5) is 15.8. The van der Waals surface area contributed by atoms with Gasteiger partial charge in [-0.15, -0.1) is 17.8 Å². The molecule has 2 N–H and O–H groups in total. The second kappa shape index (κ2) is 6.58. The average molecular weight is 268 g/mol. The fourth-order valence-electron chi connectivity index (χ4n) is 1.48. The van der Waals surface area contributed by atoms with Crippen LogP contribution in [0.25, 0.3) is 0 Å². The summed E-state index contributed by atoms with van der Waals surface area (Å²) in [6.07, 6.45) is 7.45. The molecule has 0 fully saturated rings. The van der Waals surface area contributed by atoms with E-state index in [0.29, 0.717) is 10.4 Å². The zero-order valence-corrected chi connectivity index (χ0v) is 11.6. The van der Waals surface area contributed by atoms with E-state index in [1.807, 2.05) is 13.8 Å². The Morgan fingerprint density at radius 1 is 1.71 bits per heavy atom. The van der Waals surface area contributed by atoms with Crippen molar-refractivity contribution < 1.29 is 4.79 Å². The van der Waals surface area contributed by atoms with Crippen molar-refractivity contribution in [1.29, 1.82) is 0 Å². The highest BCUT2D eigenvalue weighted by molar-refractivity contribution is 7.73. The summed E-state index contributed by atoms with van der Waals surface area (Å²) in [5.74, 6) is 2.54. The Hall–Kier alpha value is -1.12. The molecule has 0 saturated carbocycles. The third-order valence-electron chi connectivity index (χ3n) is 2.36. The Kier molecular flexibility index (Phi) is 5.39. The molecule has 5 heteroatoms. The first-order valence-electron chi connectivity index (χ1n) is 5.50. The van der Waals surface area contributed by atoms with Gasteiger partial charge in [0.1, 0.15) is 0 Å². The fraction of sp³-hybridized carbons (Fsp3) is 0.500. The highest BCUT2D eigenvalue weighted by Crippen LogP contribution is 2.15. The molecule has 0 aliphatic carbocycles. The summed E-state index contributed by atoms with van der Waals surface area (Å²) in [5.41, 5.74) is 0.961. The van der Waals surface area contributed by atoms with Crippen molar-refractivity contribution in [3.8, 4) is 12.3 Å². The third-order valence-corrected chi connectivity index (χ3v) is 3.70. The minimum atomic E-state index is -0.167. The molecule has 1 amide bonds. The first-order chi connectivity index (χ1) is 8.06. The number of aryl methyl sites for hydroxylation is 1. The van der Waals surface area contributed by atoms with Gasteiger partial charge in [-0.1, -0.05) is 19.3 Å². The summed E-state index contributed by atoms with van der Waals surface area (Å²) >= 11 is 6.46. The number of rotatable bonds is 5. The first-order valence-corrected chi connectivity index (χ1v) is 6.73. The van der Waals surface area contributed by atoms with Gasteiger partial charge in [-0.3, -0.25) is 4.79 Å². The van der Waals surface area contributed by atoms with Crippen LogP contribution in [0.3, 0.4) is 0 Å². The van der Waals surface area contributed by atoms with Gasteiger partial charge < -0.3 is 10.3 Å². The average Bonchev–Trinajstić information content (AvgIpc) is 2.56. The predicted molar refractivity (Wildman–Crippen MR) is 73.6 cm³/mol. The molecule has 0 aliphatic heterocycles. The van der Waals surface area contributed by atoms with Gasteiger partial charge in [-0.2, -0.15) is 0 Å². The van der Waals surface area contributed by atoms with Crippen LogP contribution in [0.15, 0.2) is 0 Å². The topological polar surface area (TPSA) is 44.9 Å². The number of hydrogen-bond donors (Lipinski definition) is 2. The number of aromatic amines is 1. The van der Waals surface area contributed by atoms with Crippen LogP contribution < -0.4 is 5.32 Å². The predicted octanol–water partition coefficient (Wildman–Crippen LogP) is 2.57. The van der Waals surface area contributed by atoms with Crippen LogP contribution in [-0.4, -0.2) is 16.9 Å². The highest BCUT2D eigenvalue weighted by Gasteiger charge is 2.12. The first kappa shape index (κ1) is 13.9. The maximum Gasteiger partial charge on any atom is 0.226 e. The van der Waals surface area contributed by atoms with Gasteiger partial charge in [0.25, 0.3) is 0 Å². The Labute approximate surface area is 111 Å². The van der Waals surface area contributed by atoms with Crippen molar-refractivity contribution in [3.63, 3.8) is 0 Å². The number of thiazole rings is 1. The van der Waals surface area contributed by atoms with Crippen molar-refractivity contribution in [2.45, 2.75) is 39.2 Å². The van der Waals surface area contributed by atoms with Crippen LogP contribution >= 0.6 is 23.6 Å². The molecule has 0 aliphatic rings. The number of aromatic nitrogens is 1. The van der Waals surface area contributed by atoms with E-state index in [0.717, 1.165) is 23.4 Å². The summed E-state index contributed by atoms with van der Waals surface area (Å²) in [5, 5.41) is 2.84. The number of terminal acetylenes is 1. The van der Waals surface area contributed by atoms with Gasteiger partial charge in [0.15, 0.2) is 3.95 Å². The van der Waals surface area contributed by atoms with Crippen molar-refractivity contribution in [2.24, 2.45) is 0 Å². The van der Waals surface area contributed by atoms with Crippen LogP contribution in [0.1, 0.15) is 30.3 Å². The SMILES string of the molecule is C#CC(CCC)NC(=O)Cc1sc(=S)[nH]c1C. The molecule has 1 rings (SSSR count). The normalized spacial score (nSPS) is 11.8. The van der Waals surface area contributed by atoms with E-state index >= 15 is 0 Å². The number of amides is 1. The van der Waals surface area contributed by atoms with Crippen molar-refractivity contribution in [1.82, 2.24) is 10.3 Å². The Balaban J connectivity index is 2.58. The lowest BCUT2D eigenvalue weighted by Gasteiger charge is -2.11. The zero-order chi connectivity index (χ0) is 12.8. The molecule has 0 saturated heterocycles. The summed E-state index contributed by atoms with van der Waals surface area (Å²) < 4.78 is 0.701. The van der Waals surface area contributed by atoms with Gasteiger partial charge >= 0.3 is 0 Å². The van der Waals surface area contributed by atoms with Crippen LogP contribution in [0.4, 0.5) is 0 Å². The minimum absolute atomic E-state index is 0.0465. The Morgan fingerprint density at radius 2 is 2.41 bits per heavy atom. The van der Waals surface area contributed by atoms with E-state index in [2.05, 4.69) is 16.2 Å². The van der Waals surface area contributed by atoms with E-state index in [1.165, 1.54) is 11.3 Å². The van der Waals surface area contributed by atoms with Crippen LogP contribution in [-0.2, 0) is 11.2 Å². The lowest BCUT2D eigenvalue weighted by molar-refractivity contribution is -0.120. The second-order valence-electron chi connectivity index (χ2n) is 3.81. The lowest BCUT2D eigenvalue weighted by atomic mass is 10.1. The van der Waals surface area contributed by atoms with E-state index in [-0.39, 0.29) is 11.9 Å². The standard InChI is InChI=1S/C12H16N2OS2/c1-4-6-9(5-2)14-11(15)7-10-8(3)13-12(16)17-10/h2,9H,4,6-7H2,1,3H3,(H,13,16)(H,14,15). The van der Waals surface area contributed by atoms with E-state index in [4.69, 9.17) is 18.6 Å². The zero-order valence-electron chi connectivity index (χ0n) is 10.0.